The van der Waals surface area contributed by atoms with Gasteiger partial charge in [0.05, 0.1) is 0 Å². The molecule has 0 aliphatic carbocycles. The predicted octanol–water partition coefficient (Wildman–Crippen LogP) is 8.06. The van der Waals surface area contributed by atoms with Crippen LogP contribution in [0.5, 0.6) is 0 Å². The van der Waals surface area contributed by atoms with Gasteiger partial charge in [-0.05, 0) is 0 Å². The van der Waals surface area contributed by atoms with Gasteiger partial charge in [0.15, 0.2) is 0 Å². The van der Waals surface area contributed by atoms with Crippen LogP contribution in [0.4, 0.5) is 0 Å². The minimum absolute atomic E-state index is 0.273. The van der Waals surface area contributed by atoms with Crippen molar-refractivity contribution < 1.29 is 4.11 Å². The van der Waals surface area contributed by atoms with Gasteiger partial charge >= 0.3 is 178 Å². The van der Waals surface area contributed by atoms with Crippen LogP contribution in [0.25, 0.3) is 33.5 Å². The van der Waals surface area contributed by atoms with E-state index in [2.05, 4.69) is 78.6 Å². The monoisotopic (exact) mass is 484 g/mol. The van der Waals surface area contributed by atoms with Crippen molar-refractivity contribution in [3.05, 3.63) is 96.2 Å². The molecule has 162 valence electrons. The first kappa shape index (κ1) is 18.9. The first-order valence-corrected chi connectivity index (χ1v) is 18.6. The Labute approximate surface area is 200 Å². The van der Waals surface area contributed by atoms with Crippen LogP contribution < -0.4 is 4.40 Å². The summed E-state index contributed by atoms with van der Waals surface area (Å²) in [5, 5.41) is 0. The number of hydrogen-bond acceptors (Lipinski definition) is 1. The fourth-order valence-corrected chi connectivity index (χ4v) is 6.54. The molecule has 4 aromatic rings. The number of aromatic nitrogens is 1. The molecular formula is C30H33GeN. The van der Waals surface area contributed by atoms with Crippen LogP contribution in [0.3, 0.4) is 0 Å². The number of hydrogen-bond donors (Lipinski definition) is 0. The summed E-state index contributed by atoms with van der Waals surface area (Å²) in [6.45, 7) is 2.20. The molecule has 3 aromatic carbocycles. The van der Waals surface area contributed by atoms with Crippen molar-refractivity contribution in [2.24, 2.45) is 0 Å². The molecule has 1 nitrogen and oxygen atoms in total. The van der Waals surface area contributed by atoms with E-state index >= 15 is 0 Å². The summed E-state index contributed by atoms with van der Waals surface area (Å²) < 4.78 is 25.5. The van der Waals surface area contributed by atoms with E-state index < -0.39 is 20.1 Å². The van der Waals surface area contributed by atoms with Gasteiger partial charge in [-0.25, -0.2) is 0 Å². The minimum Gasteiger partial charge on any atom is -0.0622 e. The van der Waals surface area contributed by atoms with Gasteiger partial charge in [0.25, 0.3) is 0 Å². The van der Waals surface area contributed by atoms with Crippen molar-refractivity contribution in [2.45, 2.75) is 43.9 Å². The zero-order valence-electron chi connectivity index (χ0n) is 22.6. The summed E-state index contributed by atoms with van der Waals surface area (Å²) in [5.74, 6) is 7.61. The van der Waals surface area contributed by atoms with Crippen LogP contribution >= 0.6 is 0 Å². The number of pyridine rings is 1. The summed E-state index contributed by atoms with van der Waals surface area (Å²) in [6, 6.07) is 27.2. The molecule has 2 heteroatoms. The number of benzene rings is 3. The van der Waals surface area contributed by atoms with Crippen molar-refractivity contribution in [2.75, 3.05) is 0 Å². The Morgan fingerprint density at radius 3 is 2.03 bits per heavy atom. The number of aryl methyl sites for hydroxylation is 1. The molecule has 0 fully saturated rings. The van der Waals surface area contributed by atoms with Crippen molar-refractivity contribution in [1.29, 1.82) is 0 Å². The Morgan fingerprint density at radius 1 is 0.750 bits per heavy atom. The molecule has 0 unspecified atom stereocenters. The summed E-state index contributed by atoms with van der Waals surface area (Å²) in [7, 11) is 0. The summed E-state index contributed by atoms with van der Waals surface area (Å²) in [4.78, 5) is 4.60. The van der Waals surface area contributed by atoms with E-state index in [-0.39, 0.29) is 5.56 Å². The Bertz CT molecular complexity index is 1320. The van der Waals surface area contributed by atoms with Gasteiger partial charge in [0.1, 0.15) is 0 Å². The van der Waals surface area contributed by atoms with Crippen LogP contribution in [0.15, 0.2) is 85.1 Å². The van der Waals surface area contributed by atoms with Gasteiger partial charge < -0.3 is 0 Å². The predicted molar refractivity (Wildman–Crippen MR) is 142 cm³/mol. The Morgan fingerprint density at radius 2 is 1.41 bits per heavy atom. The van der Waals surface area contributed by atoms with E-state index in [0.29, 0.717) is 11.5 Å². The molecule has 0 radical (unpaired) electrons. The zero-order chi connectivity index (χ0) is 25.4. The second kappa shape index (κ2) is 9.07. The molecule has 32 heavy (non-hydrogen) atoms. The van der Waals surface area contributed by atoms with Gasteiger partial charge in [-0.15, -0.1) is 0 Å². The standard InChI is InChI=1S/C30H33GeN/c1-21(2)27-17-14-25(18-29(27)24-12-15-26(16-13-24)31(4,5)6)30-19-28(22(3)20-32-30)23-10-8-7-9-11-23/h7-21H,1-6H3/i3D3. The van der Waals surface area contributed by atoms with E-state index in [1.807, 2.05) is 36.4 Å². The molecule has 0 N–H and O–H groups in total. The molecule has 0 aliphatic heterocycles. The molecule has 0 saturated carbocycles. The van der Waals surface area contributed by atoms with Crippen molar-refractivity contribution in [3.8, 4) is 33.5 Å². The SMILES string of the molecule is [2H]C([2H])([2H])c1cnc(-c2ccc(C(C)C)c(-c3cc[c]([Ge]([CH3])([CH3])[CH3])cc3)c2)cc1-c1ccccc1. The molecule has 1 aromatic heterocycles. The topological polar surface area (TPSA) is 12.9 Å². The maximum atomic E-state index is 8.02. The summed E-state index contributed by atoms with van der Waals surface area (Å²) in [5.41, 5.74) is 7.31. The van der Waals surface area contributed by atoms with E-state index in [0.717, 1.165) is 16.8 Å². The molecule has 0 bridgehead atoms. The third-order valence-corrected chi connectivity index (χ3v) is 10.4. The second-order valence-electron chi connectivity index (χ2n) is 9.77. The number of nitrogens with zero attached hydrogens (tertiary/aromatic N) is 1. The Balaban J connectivity index is 1.85. The normalized spacial score (nSPS) is 13.5. The molecule has 0 amide bonds. The minimum atomic E-state index is -2.23. The fraction of sp³-hybridized carbons (Fsp3) is 0.233. The third kappa shape index (κ3) is 4.73. The second-order valence-corrected chi connectivity index (χ2v) is 20.4. The van der Waals surface area contributed by atoms with E-state index in [1.165, 1.54) is 27.3 Å². The zero-order valence-corrected chi connectivity index (χ0v) is 21.7. The first-order chi connectivity index (χ1) is 16.4. The van der Waals surface area contributed by atoms with Crippen LogP contribution in [-0.4, -0.2) is 18.3 Å². The van der Waals surface area contributed by atoms with Crippen LogP contribution in [0, 0.1) is 6.85 Å². The molecule has 0 saturated heterocycles. The smallest absolute Gasteiger partial charge is 0.0622 e. The van der Waals surface area contributed by atoms with E-state index in [9.17, 15) is 0 Å². The van der Waals surface area contributed by atoms with Gasteiger partial charge in [-0.3, -0.25) is 0 Å². The van der Waals surface area contributed by atoms with Crippen LogP contribution in [-0.2, 0) is 0 Å². The molecular weight excluding hydrogens is 447 g/mol. The van der Waals surface area contributed by atoms with Gasteiger partial charge in [0.2, 0.25) is 0 Å². The Hall–Kier alpha value is -2.65. The quantitative estimate of drug-likeness (QED) is 0.262. The van der Waals surface area contributed by atoms with E-state index in [1.54, 1.807) is 0 Å². The van der Waals surface area contributed by atoms with E-state index in [4.69, 9.17) is 4.11 Å². The van der Waals surface area contributed by atoms with Crippen molar-refractivity contribution in [3.63, 3.8) is 0 Å². The maximum absolute atomic E-state index is 8.02. The molecule has 0 atom stereocenters. The first-order valence-electron chi connectivity index (χ1n) is 12.8. The average molecular weight is 483 g/mol. The van der Waals surface area contributed by atoms with Crippen molar-refractivity contribution in [1.82, 2.24) is 4.98 Å². The molecule has 0 spiro atoms. The van der Waals surface area contributed by atoms with Gasteiger partial charge in [-0.1, -0.05) is 18.2 Å². The molecule has 0 aliphatic rings. The Kier molecular flexibility index (Phi) is 5.35. The fourth-order valence-electron chi connectivity index (χ4n) is 4.09. The summed E-state index contributed by atoms with van der Waals surface area (Å²) in [6.07, 6.45) is 1.52. The van der Waals surface area contributed by atoms with Crippen molar-refractivity contribution >= 4 is 17.7 Å². The summed E-state index contributed by atoms with van der Waals surface area (Å²) >= 11 is -1.89. The molecule has 1 heterocycles. The van der Waals surface area contributed by atoms with Crippen LogP contribution in [0.1, 0.15) is 35.0 Å². The van der Waals surface area contributed by atoms with Gasteiger partial charge in [-0.2, -0.15) is 0 Å². The third-order valence-electron chi connectivity index (χ3n) is 6.02. The van der Waals surface area contributed by atoms with Gasteiger partial charge in [0, 0.05) is 4.11 Å². The molecule has 4 rings (SSSR count). The average Bonchev–Trinajstić information content (AvgIpc) is 2.83. The van der Waals surface area contributed by atoms with Crippen LogP contribution in [0.2, 0.25) is 17.3 Å². The number of rotatable bonds is 5.